The van der Waals surface area contributed by atoms with Crippen LogP contribution in [0.25, 0.3) is 0 Å². The SMILES string of the molecule is CC(NC(=O)C1CCCCC1)C(=O)NCC(C)(O)c1cccs1. The summed E-state index contributed by atoms with van der Waals surface area (Å²) in [5, 5.41) is 17.8. The van der Waals surface area contributed by atoms with Crippen LogP contribution in [0, 0.1) is 5.92 Å². The Hall–Kier alpha value is -1.40. The first-order valence-corrected chi connectivity index (χ1v) is 9.12. The van der Waals surface area contributed by atoms with Crippen molar-refractivity contribution in [2.45, 2.75) is 57.6 Å². The highest BCUT2D eigenvalue weighted by Gasteiger charge is 2.27. The number of nitrogens with one attached hydrogen (secondary N) is 2. The van der Waals surface area contributed by atoms with Gasteiger partial charge in [0.2, 0.25) is 11.8 Å². The molecule has 3 N–H and O–H groups in total. The molecule has 1 aromatic rings. The molecular weight excluding hydrogens is 312 g/mol. The molecule has 2 unspecified atom stereocenters. The van der Waals surface area contributed by atoms with Gasteiger partial charge >= 0.3 is 0 Å². The van der Waals surface area contributed by atoms with Crippen molar-refractivity contribution >= 4 is 23.2 Å². The highest BCUT2D eigenvalue weighted by atomic mass is 32.1. The van der Waals surface area contributed by atoms with Gasteiger partial charge < -0.3 is 15.7 Å². The van der Waals surface area contributed by atoms with Crippen LogP contribution >= 0.6 is 11.3 Å². The van der Waals surface area contributed by atoms with Crippen molar-refractivity contribution in [3.8, 4) is 0 Å². The number of thiophene rings is 1. The van der Waals surface area contributed by atoms with E-state index in [9.17, 15) is 14.7 Å². The van der Waals surface area contributed by atoms with Crippen molar-refractivity contribution in [1.82, 2.24) is 10.6 Å². The van der Waals surface area contributed by atoms with Crippen LogP contribution in [0.1, 0.15) is 50.8 Å². The lowest BCUT2D eigenvalue weighted by atomic mass is 9.88. The van der Waals surface area contributed by atoms with Gasteiger partial charge in [0.05, 0.1) is 6.54 Å². The largest absolute Gasteiger partial charge is 0.383 e. The van der Waals surface area contributed by atoms with Gasteiger partial charge in [0.1, 0.15) is 11.6 Å². The van der Waals surface area contributed by atoms with Crippen LogP contribution in [0.4, 0.5) is 0 Å². The Bertz CT molecular complexity index is 522. The second kappa shape index (κ2) is 7.93. The van der Waals surface area contributed by atoms with Gasteiger partial charge in [0, 0.05) is 10.8 Å². The Morgan fingerprint density at radius 1 is 1.39 bits per heavy atom. The molecule has 2 atom stereocenters. The molecule has 1 fully saturated rings. The molecule has 2 amide bonds. The third kappa shape index (κ3) is 5.04. The van der Waals surface area contributed by atoms with E-state index in [4.69, 9.17) is 0 Å². The summed E-state index contributed by atoms with van der Waals surface area (Å²) in [6, 6.07) is 3.11. The molecular formula is C17H26N2O3S. The van der Waals surface area contributed by atoms with E-state index in [2.05, 4.69) is 10.6 Å². The first kappa shape index (κ1) is 17.9. The Kier molecular flexibility index (Phi) is 6.18. The zero-order valence-electron chi connectivity index (χ0n) is 13.8. The van der Waals surface area contributed by atoms with Crippen LogP contribution in [0.2, 0.25) is 0 Å². The molecule has 5 nitrogen and oxygen atoms in total. The summed E-state index contributed by atoms with van der Waals surface area (Å²) in [4.78, 5) is 25.1. The lowest BCUT2D eigenvalue weighted by molar-refractivity contribution is -0.131. The summed E-state index contributed by atoms with van der Waals surface area (Å²) >= 11 is 1.45. The van der Waals surface area contributed by atoms with Crippen molar-refractivity contribution in [3.05, 3.63) is 22.4 Å². The highest BCUT2D eigenvalue weighted by molar-refractivity contribution is 7.10. The minimum absolute atomic E-state index is 0.0302. The van der Waals surface area contributed by atoms with Gasteiger partial charge in [-0.1, -0.05) is 25.3 Å². The molecule has 6 heteroatoms. The van der Waals surface area contributed by atoms with Gasteiger partial charge in [0.15, 0.2) is 0 Å². The fourth-order valence-corrected chi connectivity index (χ4v) is 3.63. The number of amides is 2. The standard InChI is InChI=1S/C17H26N2O3S/c1-12(19-16(21)13-7-4-3-5-8-13)15(20)18-11-17(2,22)14-9-6-10-23-14/h6,9-10,12-13,22H,3-5,7-8,11H2,1-2H3,(H,18,20)(H,19,21). The zero-order valence-corrected chi connectivity index (χ0v) is 14.6. The van der Waals surface area contributed by atoms with Gasteiger partial charge in [-0.2, -0.15) is 0 Å². The van der Waals surface area contributed by atoms with E-state index in [1.807, 2.05) is 17.5 Å². The van der Waals surface area contributed by atoms with Crippen molar-refractivity contribution < 1.29 is 14.7 Å². The Labute approximate surface area is 141 Å². The van der Waals surface area contributed by atoms with Crippen molar-refractivity contribution in [1.29, 1.82) is 0 Å². The molecule has 1 saturated carbocycles. The second-order valence-corrected chi connectivity index (χ2v) is 7.48. The van der Waals surface area contributed by atoms with Crippen LogP contribution in [-0.4, -0.2) is 29.5 Å². The quantitative estimate of drug-likeness (QED) is 0.744. The topological polar surface area (TPSA) is 78.4 Å². The van der Waals surface area contributed by atoms with Crippen molar-refractivity contribution in [2.75, 3.05) is 6.54 Å². The van der Waals surface area contributed by atoms with E-state index in [1.54, 1.807) is 13.8 Å². The molecule has 1 heterocycles. The van der Waals surface area contributed by atoms with E-state index in [0.717, 1.165) is 30.6 Å². The molecule has 0 radical (unpaired) electrons. The number of carbonyl (C=O) groups excluding carboxylic acids is 2. The predicted molar refractivity (Wildman–Crippen MR) is 91.1 cm³/mol. The predicted octanol–water partition coefficient (Wildman–Crippen LogP) is 2.16. The lowest BCUT2D eigenvalue weighted by Crippen LogP contribution is -2.49. The fourth-order valence-electron chi connectivity index (χ4n) is 2.85. The van der Waals surface area contributed by atoms with Crippen LogP contribution in [0.5, 0.6) is 0 Å². The van der Waals surface area contributed by atoms with Gasteiger partial charge in [-0.25, -0.2) is 0 Å². The summed E-state index contributed by atoms with van der Waals surface area (Å²) in [5.41, 5.74) is -1.10. The summed E-state index contributed by atoms with van der Waals surface area (Å²) in [7, 11) is 0. The normalized spacial score (nSPS) is 19.6. The number of carbonyl (C=O) groups is 2. The van der Waals surface area contributed by atoms with Crippen molar-refractivity contribution in [3.63, 3.8) is 0 Å². The monoisotopic (exact) mass is 338 g/mol. The molecule has 1 aliphatic rings. The average Bonchev–Trinajstić information content (AvgIpc) is 3.08. The maximum absolute atomic E-state index is 12.2. The van der Waals surface area contributed by atoms with Gasteiger partial charge in [-0.15, -0.1) is 11.3 Å². The first-order chi connectivity index (χ1) is 10.9. The molecule has 0 saturated heterocycles. The third-order valence-corrected chi connectivity index (χ3v) is 5.51. The van der Waals surface area contributed by atoms with Crippen LogP contribution in [0.3, 0.4) is 0 Å². The van der Waals surface area contributed by atoms with E-state index in [0.29, 0.717) is 0 Å². The van der Waals surface area contributed by atoms with Gasteiger partial charge in [0.25, 0.3) is 0 Å². The van der Waals surface area contributed by atoms with Gasteiger partial charge in [-0.05, 0) is 38.1 Å². The summed E-state index contributed by atoms with van der Waals surface area (Å²) in [6.45, 7) is 3.47. The van der Waals surface area contributed by atoms with E-state index in [1.165, 1.54) is 17.8 Å². The maximum Gasteiger partial charge on any atom is 0.242 e. The summed E-state index contributed by atoms with van der Waals surface area (Å²) < 4.78 is 0. The molecule has 128 valence electrons. The highest BCUT2D eigenvalue weighted by Crippen LogP contribution is 2.25. The Balaban J connectivity index is 1.79. The minimum Gasteiger partial charge on any atom is -0.383 e. The molecule has 0 spiro atoms. The minimum atomic E-state index is -1.10. The second-order valence-electron chi connectivity index (χ2n) is 6.53. The molecule has 0 aliphatic heterocycles. The molecule has 1 aliphatic carbocycles. The molecule has 1 aromatic heterocycles. The molecule has 0 bridgehead atoms. The number of hydrogen-bond donors (Lipinski definition) is 3. The van der Waals surface area contributed by atoms with E-state index in [-0.39, 0.29) is 24.3 Å². The average molecular weight is 338 g/mol. The smallest absolute Gasteiger partial charge is 0.242 e. The zero-order chi connectivity index (χ0) is 16.9. The van der Waals surface area contributed by atoms with E-state index < -0.39 is 11.6 Å². The fraction of sp³-hybridized carbons (Fsp3) is 0.647. The molecule has 2 rings (SSSR count). The third-order valence-electron chi connectivity index (χ3n) is 4.39. The van der Waals surface area contributed by atoms with E-state index >= 15 is 0 Å². The Morgan fingerprint density at radius 3 is 2.70 bits per heavy atom. The van der Waals surface area contributed by atoms with Crippen LogP contribution < -0.4 is 10.6 Å². The van der Waals surface area contributed by atoms with Crippen LogP contribution in [0.15, 0.2) is 17.5 Å². The van der Waals surface area contributed by atoms with Crippen molar-refractivity contribution in [2.24, 2.45) is 5.92 Å². The van der Waals surface area contributed by atoms with Crippen LogP contribution in [-0.2, 0) is 15.2 Å². The molecule has 23 heavy (non-hydrogen) atoms. The number of aliphatic hydroxyl groups is 1. The maximum atomic E-state index is 12.2. The summed E-state index contributed by atoms with van der Waals surface area (Å²) in [5.74, 6) is -0.267. The molecule has 0 aromatic carbocycles. The number of hydrogen-bond acceptors (Lipinski definition) is 4. The van der Waals surface area contributed by atoms with Gasteiger partial charge in [-0.3, -0.25) is 9.59 Å². The lowest BCUT2D eigenvalue weighted by Gasteiger charge is -2.25. The first-order valence-electron chi connectivity index (χ1n) is 8.24. The number of rotatable bonds is 6. The Morgan fingerprint density at radius 2 is 2.09 bits per heavy atom. The summed E-state index contributed by atoms with van der Waals surface area (Å²) in [6.07, 6.45) is 5.18.